The number of ether oxygens (including phenoxy) is 1. The minimum Gasteiger partial charge on any atom is -0.451 e. The molecule has 11 heteroatoms. The normalized spacial score (nSPS) is 15.0. The first-order valence-electron chi connectivity index (χ1n) is 12.5. The standard InChI is InChI=1S/C28H30N6O5/c1-27(2,15-36)25-33-23(39-34-25)19-13-29-26(32-22(19)31-21(14-35)16-8-6-5-7-9-16)30-17-10-11-18-20(12-17)28(3,4)38-24(18)37/h5-13,21,35-36H,14-15H2,1-4H3,(H2,29,30,31,32)/t21-/m1/s1. The van der Waals surface area contributed by atoms with Gasteiger partial charge >= 0.3 is 5.97 Å². The van der Waals surface area contributed by atoms with Crippen LogP contribution in [0.3, 0.4) is 0 Å². The van der Waals surface area contributed by atoms with Gasteiger partial charge in [0.25, 0.3) is 5.89 Å². The van der Waals surface area contributed by atoms with E-state index in [1.54, 1.807) is 32.2 Å². The summed E-state index contributed by atoms with van der Waals surface area (Å²) in [4.78, 5) is 25.8. The van der Waals surface area contributed by atoms with Crippen molar-refractivity contribution in [3.63, 3.8) is 0 Å². The molecule has 3 heterocycles. The Morgan fingerprint density at radius 3 is 2.54 bits per heavy atom. The van der Waals surface area contributed by atoms with Crippen molar-refractivity contribution < 1.29 is 24.3 Å². The van der Waals surface area contributed by atoms with E-state index in [1.807, 2.05) is 50.2 Å². The average molecular weight is 531 g/mol. The van der Waals surface area contributed by atoms with Gasteiger partial charge in [-0.15, -0.1) is 0 Å². The summed E-state index contributed by atoms with van der Waals surface area (Å²) in [5.74, 6) is 0.775. The maximum absolute atomic E-state index is 12.2. The van der Waals surface area contributed by atoms with Crippen LogP contribution in [0.15, 0.2) is 59.3 Å². The van der Waals surface area contributed by atoms with Crippen LogP contribution in [-0.2, 0) is 15.8 Å². The molecule has 2 aromatic carbocycles. The third-order valence-corrected chi connectivity index (χ3v) is 6.63. The largest absolute Gasteiger partial charge is 0.451 e. The van der Waals surface area contributed by atoms with Crippen LogP contribution in [0.4, 0.5) is 17.5 Å². The smallest absolute Gasteiger partial charge is 0.339 e. The molecular weight excluding hydrogens is 500 g/mol. The van der Waals surface area contributed by atoms with Crippen LogP contribution in [0.25, 0.3) is 11.5 Å². The third-order valence-electron chi connectivity index (χ3n) is 6.63. The highest BCUT2D eigenvalue weighted by atomic mass is 16.6. The second-order valence-corrected chi connectivity index (χ2v) is 10.5. The maximum Gasteiger partial charge on any atom is 0.339 e. The van der Waals surface area contributed by atoms with Gasteiger partial charge in [0.15, 0.2) is 5.82 Å². The number of esters is 1. The van der Waals surface area contributed by atoms with E-state index in [-0.39, 0.29) is 31.0 Å². The predicted octanol–water partition coefficient (Wildman–Crippen LogP) is 4.09. The summed E-state index contributed by atoms with van der Waals surface area (Å²) < 4.78 is 11.0. The number of hydrogen-bond donors (Lipinski definition) is 4. The fourth-order valence-electron chi connectivity index (χ4n) is 4.24. The fourth-order valence-corrected chi connectivity index (χ4v) is 4.24. The van der Waals surface area contributed by atoms with Gasteiger partial charge in [-0.1, -0.05) is 49.3 Å². The van der Waals surface area contributed by atoms with Gasteiger partial charge in [0.2, 0.25) is 5.95 Å². The van der Waals surface area contributed by atoms with Gasteiger partial charge in [-0.2, -0.15) is 9.97 Å². The molecule has 1 atom stereocenters. The fraction of sp³-hybridized carbons (Fsp3) is 0.321. The van der Waals surface area contributed by atoms with Crippen molar-refractivity contribution >= 4 is 23.4 Å². The summed E-state index contributed by atoms with van der Waals surface area (Å²) in [5.41, 5.74) is 1.79. The lowest BCUT2D eigenvalue weighted by atomic mass is 9.94. The summed E-state index contributed by atoms with van der Waals surface area (Å²) in [7, 11) is 0. The number of rotatable bonds is 9. The molecule has 2 aromatic heterocycles. The number of benzene rings is 2. The summed E-state index contributed by atoms with van der Waals surface area (Å²) >= 11 is 0. The molecule has 1 aliphatic heterocycles. The van der Waals surface area contributed by atoms with Crippen LogP contribution in [0.5, 0.6) is 0 Å². The minimum absolute atomic E-state index is 0.161. The number of fused-ring (bicyclic) bond motifs is 1. The SMILES string of the molecule is CC(C)(CO)c1noc(-c2cnc(Nc3ccc4c(c3)C(C)(C)OC4=O)nc2N[C@H](CO)c2ccccc2)n1. The van der Waals surface area contributed by atoms with E-state index in [2.05, 4.69) is 30.7 Å². The van der Waals surface area contributed by atoms with Gasteiger partial charge in [0, 0.05) is 17.4 Å². The third kappa shape index (κ3) is 5.18. The summed E-state index contributed by atoms with van der Waals surface area (Å²) in [6, 6.07) is 14.3. The first kappa shape index (κ1) is 26.3. The van der Waals surface area contributed by atoms with Crippen LogP contribution in [0, 0.1) is 0 Å². The van der Waals surface area contributed by atoms with E-state index in [9.17, 15) is 15.0 Å². The first-order valence-corrected chi connectivity index (χ1v) is 12.5. The summed E-state index contributed by atoms with van der Waals surface area (Å²) in [6.07, 6.45) is 1.55. The number of nitrogens with zero attached hydrogens (tertiary/aromatic N) is 4. The molecule has 5 rings (SSSR count). The van der Waals surface area contributed by atoms with Crippen LogP contribution in [0.1, 0.15) is 61.0 Å². The van der Waals surface area contributed by atoms with Gasteiger partial charge in [0.05, 0.1) is 30.2 Å². The summed E-state index contributed by atoms with van der Waals surface area (Å²) in [5, 5.41) is 30.4. The van der Waals surface area contributed by atoms with Gasteiger partial charge in [0.1, 0.15) is 17.0 Å². The van der Waals surface area contributed by atoms with E-state index < -0.39 is 17.1 Å². The molecular formula is C28H30N6O5. The van der Waals surface area contributed by atoms with Gasteiger partial charge in [-0.05, 0) is 37.6 Å². The van der Waals surface area contributed by atoms with Gasteiger partial charge < -0.3 is 30.1 Å². The number of carbonyl (C=O) groups excluding carboxylic acids is 1. The topological polar surface area (TPSA) is 156 Å². The van der Waals surface area contributed by atoms with Crippen molar-refractivity contribution in [3.05, 3.63) is 77.2 Å². The number of nitrogens with one attached hydrogen (secondary N) is 2. The molecule has 0 unspecified atom stereocenters. The van der Waals surface area contributed by atoms with E-state index in [0.29, 0.717) is 28.5 Å². The van der Waals surface area contributed by atoms with E-state index in [0.717, 1.165) is 11.1 Å². The van der Waals surface area contributed by atoms with Crippen molar-refractivity contribution in [2.75, 3.05) is 23.8 Å². The molecule has 0 aliphatic carbocycles. The van der Waals surface area contributed by atoms with Crippen LogP contribution >= 0.6 is 0 Å². The highest BCUT2D eigenvalue weighted by Crippen LogP contribution is 2.38. The van der Waals surface area contributed by atoms with E-state index >= 15 is 0 Å². The van der Waals surface area contributed by atoms with Crippen molar-refractivity contribution in [2.45, 2.75) is 44.8 Å². The minimum atomic E-state index is -0.746. The Labute approximate surface area is 225 Å². The zero-order valence-electron chi connectivity index (χ0n) is 22.1. The lowest BCUT2D eigenvalue weighted by Crippen LogP contribution is -2.23. The molecule has 1 aliphatic rings. The highest BCUT2D eigenvalue weighted by molar-refractivity contribution is 5.95. The zero-order valence-corrected chi connectivity index (χ0v) is 22.1. The number of carbonyl (C=O) groups is 1. The Balaban J connectivity index is 1.52. The molecule has 0 radical (unpaired) electrons. The molecule has 39 heavy (non-hydrogen) atoms. The van der Waals surface area contributed by atoms with E-state index in [4.69, 9.17) is 9.26 Å². The molecule has 202 valence electrons. The monoisotopic (exact) mass is 530 g/mol. The maximum atomic E-state index is 12.2. The average Bonchev–Trinajstić information content (AvgIpc) is 3.51. The Morgan fingerprint density at radius 1 is 1.05 bits per heavy atom. The number of anilines is 3. The van der Waals surface area contributed by atoms with E-state index in [1.165, 1.54) is 0 Å². The Kier molecular flexibility index (Phi) is 6.79. The number of hydrogen-bond acceptors (Lipinski definition) is 11. The number of aromatic nitrogens is 4. The molecule has 4 aromatic rings. The summed E-state index contributed by atoms with van der Waals surface area (Å²) in [6.45, 7) is 6.92. The molecule has 0 spiro atoms. The van der Waals surface area contributed by atoms with Crippen LogP contribution in [0.2, 0.25) is 0 Å². The molecule has 0 amide bonds. The number of cyclic esters (lactones) is 1. The molecule has 0 saturated heterocycles. The van der Waals surface area contributed by atoms with Crippen molar-refractivity contribution in [1.29, 1.82) is 0 Å². The molecule has 4 N–H and O–H groups in total. The highest BCUT2D eigenvalue weighted by Gasteiger charge is 2.37. The molecule has 0 saturated carbocycles. The van der Waals surface area contributed by atoms with Crippen LogP contribution in [-0.4, -0.2) is 49.5 Å². The number of aliphatic hydroxyl groups excluding tert-OH is 2. The van der Waals surface area contributed by atoms with Crippen molar-refractivity contribution in [2.24, 2.45) is 0 Å². The quantitative estimate of drug-likeness (QED) is 0.231. The molecule has 0 bridgehead atoms. The lowest BCUT2D eigenvalue weighted by molar-refractivity contribution is 0.00954. The first-order chi connectivity index (χ1) is 18.6. The lowest BCUT2D eigenvalue weighted by Gasteiger charge is -2.20. The second kappa shape index (κ2) is 10.1. The number of aliphatic hydroxyl groups is 2. The zero-order chi connectivity index (χ0) is 27.8. The van der Waals surface area contributed by atoms with Gasteiger partial charge in [-0.25, -0.2) is 9.78 Å². The van der Waals surface area contributed by atoms with Crippen molar-refractivity contribution in [3.8, 4) is 11.5 Å². The second-order valence-electron chi connectivity index (χ2n) is 10.5. The Morgan fingerprint density at radius 2 is 1.82 bits per heavy atom. The molecule has 0 fully saturated rings. The Hall–Kier alpha value is -4.35. The predicted molar refractivity (Wildman–Crippen MR) is 143 cm³/mol. The Bertz CT molecular complexity index is 1500. The van der Waals surface area contributed by atoms with Crippen molar-refractivity contribution in [1.82, 2.24) is 20.1 Å². The van der Waals surface area contributed by atoms with Gasteiger partial charge in [-0.3, -0.25) is 0 Å². The molecule has 11 nitrogen and oxygen atoms in total. The van der Waals surface area contributed by atoms with Crippen LogP contribution < -0.4 is 10.6 Å².